The van der Waals surface area contributed by atoms with E-state index in [1.54, 1.807) is 16.2 Å². The van der Waals surface area contributed by atoms with E-state index < -0.39 is 0 Å². The van der Waals surface area contributed by atoms with Crippen molar-refractivity contribution in [3.8, 4) is 0 Å². The van der Waals surface area contributed by atoms with Crippen LogP contribution in [0.25, 0.3) is 10.2 Å². The predicted molar refractivity (Wildman–Crippen MR) is 109 cm³/mol. The van der Waals surface area contributed by atoms with Crippen LogP contribution in [0.4, 0.5) is 5.69 Å². The number of thiophene rings is 1. The summed E-state index contributed by atoms with van der Waals surface area (Å²) in [5, 5.41) is 2.08. The second-order valence-corrected chi connectivity index (χ2v) is 7.23. The van der Waals surface area contributed by atoms with Crippen molar-refractivity contribution in [2.75, 3.05) is 11.9 Å². The fraction of sp³-hybridized carbons (Fsp3) is 0.136. The summed E-state index contributed by atoms with van der Waals surface area (Å²) in [5.41, 5.74) is 4.06. The first-order valence-corrected chi connectivity index (χ1v) is 9.56. The van der Waals surface area contributed by atoms with Gasteiger partial charge in [0.05, 0.1) is 10.2 Å². The SMILES string of the molecule is CN(C(=O)c1cc2sccc2n1CCc1ccccc1)c1ccccc1. The van der Waals surface area contributed by atoms with E-state index in [1.807, 2.05) is 49.5 Å². The zero-order chi connectivity index (χ0) is 17.9. The molecular weight excluding hydrogens is 340 g/mol. The fourth-order valence-corrected chi connectivity index (χ4v) is 4.04. The lowest BCUT2D eigenvalue weighted by Gasteiger charge is -2.19. The number of aryl methyl sites for hydroxylation is 2. The second kappa shape index (κ2) is 7.18. The van der Waals surface area contributed by atoms with Gasteiger partial charge in [-0.25, -0.2) is 0 Å². The van der Waals surface area contributed by atoms with Crippen molar-refractivity contribution in [3.05, 3.63) is 89.4 Å². The van der Waals surface area contributed by atoms with Crippen LogP contribution in [0.15, 0.2) is 78.2 Å². The Morgan fingerprint density at radius 3 is 2.42 bits per heavy atom. The predicted octanol–water partition coefficient (Wildman–Crippen LogP) is 5.22. The van der Waals surface area contributed by atoms with Gasteiger partial charge in [0.2, 0.25) is 0 Å². The summed E-state index contributed by atoms with van der Waals surface area (Å²) in [6.07, 6.45) is 0.899. The molecule has 4 rings (SSSR count). The molecule has 0 bridgehead atoms. The number of rotatable bonds is 5. The second-order valence-electron chi connectivity index (χ2n) is 6.29. The number of amides is 1. The van der Waals surface area contributed by atoms with Crippen molar-refractivity contribution in [1.82, 2.24) is 4.57 Å². The minimum absolute atomic E-state index is 0.0210. The van der Waals surface area contributed by atoms with Crippen LogP contribution < -0.4 is 4.90 Å². The molecule has 3 nitrogen and oxygen atoms in total. The van der Waals surface area contributed by atoms with Gasteiger partial charge in [0.25, 0.3) is 5.91 Å². The van der Waals surface area contributed by atoms with Crippen molar-refractivity contribution in [2.24, 2.45) is 0 Å². The Hall–Kier alpha value is -2.85. The largest absolute Gasteiger partial charge is 0.335 e. The molecule has 0 aliphatic carbocycles. The third kappa shape index (κ3) is 3.16. The molecule has 0 saturated carbocycles. The highest BCUT2D eigenvalue weighted by Crippen LogP contribution is 2.27. The quantitative estimate of drug-likeness (QED) is 0.479. The third-order valence-corrected chi connectivity index (χ3v) is 5.51. The summed E-state index contributed by atoms with van der Waals surface area (Å²) in [6, 6.07) is 24.3. The summed E-state index contributed by atoms with van der Waals surface area (Å²) in [7, 11) is 1.83. The topological polar surface area (TPSA) is 25.2 Å². The van der Waals surface area contributed by atoms with Gasteiger partial charge in [-0.1, -0.05) is 48.5 Å². The van der Waals surface area contributed by atoms with E-state index in [0.29, 0.717) is 0 Å². The number of fused-ring (bicyclic) bond motifs is 1. The van der Waals surface area contributed by atoms with Gasteiger partial charge in [0, 0.05) is 19.3 Å². The molecule has 1 amide bonds. The highest BCUT2D eigenvalue weighted by Gasteiger charge is 2.20. The molecule has 130 valence electrons. The Balaban J connectivity index is 1.66. The first kappa shape index (κ1) is 16.6. The average molecular weight is 360 g/mol. The van der Waals surface area contributed by atoms with E-state index in [0.717, 1.165) is 34.6 Å². The summed E-state index contributed by atoms with van der Waals surface area (Å²) in [5.74, 6) is 0.0210. The number of para-hydroxylation sites is 1. The van der Waals surface area contributed by atoms with Crippen molar-refractivity contribution in [1.29, 1.82) is 0 Å². The molecule has 2 heterocycles. The number of hydrogen-bond donors (Lipinski definition) is 0. The summed E-state index contributed by atoms with van der Waals surface area (Å²) >= 11 is 1.68. The zero-order valence-corrected chi connectivity index (χ0v) is 15.4. The Morgan fingerprint density at radius 1 is 1.00 bits per heavy atom. The van der Waals surface area contributed by atoms with Crippen LogP contribution in [0.1, 0.15) is 16.1 Å². The molecule has 0 spiro atoms. The molecule has 4 aromatic rings. The molecule has 0 radical (unpaired) electrons. The normalized spacial score (nSPS) is 11.0. The molecule has 0 atom stereocenters. The van der Waals surface area contributed by atoms with Gasteiger partial charge in [-0.05, 0) is 41.6 Å². The van der Waals surface area contributed by atoms with E-state index in [-0.39, 0.29) is 5.91 Å². The first-order chi connectivity index (χ1) is 12.7. The lowest BCUT2D eigenvalue weighted by molar-refractivity contribution is 0.0984. The minimum Gasteiger partial charge on any atom is -0.335 e. The Labute approximate surface area is 157 Å². The van der Waals surface area contributed by atoms with Gasteiger partial charge in [0.15, 0.2) is 0 Å². The van der Waals surface area contributed by atoms with Crippen molar-refractivity contribution in [3.63, 3.8) is 0 Å². The number of nitrogens with zero attached hydrogens (tertiary/aromatic N) is 2. The number of hydrogen-bond acceptors (Lipinski definition) is 2. The van der Waals surface area contributed by atoms with Gasteiger partial charge >= 0.3 is 0 Å². The van der Waals surface area contributed by atoms with E-state index in [2.05, 4.69) is 40.3 Å². The number of carbonyl (C=O) groups excluding carboxylic acids is 1. The van der Waals surface area contributed by atoms with Crippen LogP contribution in [0.2, 0.25) is 0 Å². The van der Waals surface area contributed by atoms with Crippen LogP contribution in [0, 0.1) is 0 Å². The maximum Gasteiger partial charge on any atom is 0.274 e. The van der Waals surface area contributed by atoms with Crippen LogP contribution in [-0.2, 0) is 13.0 Å². The molecule has 0 N–H and O–H groups in total. The summed E-state index contributed by atoms with van der Waals surface area (Å²) < 4.78 is 3.31. The lowest BCUT2D eigenvalue weighted by atomic mass is 10.1. The van der Waals surface area contributed by atoms with E-state index in [4.69, 9.17) is 0 Å². The van der Waals surface area contributed by atoms with Crippen molar-refractivity contribution >= 4 is 33.1 Å². The van der Waals surface area contributed by atoms with Crippen molar-refractivity contribution in [2.45, 2.75) is 13.0 Å². The third-order valence-electron chi connectivity index (χ3n) is 4.66. The summed E-state index contributed by atoms with van der Waals surface area (Å²) in [6.45, 7) is 0.786. The highest BCUT2D eigenvalue weighted by atomic mass is 32.1. The molecule has 2 aromatic heterocycles. The van der Waals surface area contributed by atoms with Crippen LogP contribution >= 0.6 is 11.3 Å². The van der Waals surface area contributed by atoms with Crippen LogP contribution in [-0.4, -0.2) is 17.5 Å². The number of aromatic nitrogens is 1. The molecule has 0 aliphatic rings. The first-order valence-electron chi connectivity index (χ1n) is 8.68. The number of benzene rings is 2. The Bertz CT molecular complexity index is 1020. The van der Waals surface area contributed by atoms with Gasteiger partial charge < -0.3 is 9.47 Å². The maximum absolute atomic E-state index is 13.2. The molecular formula is C22H20N2OS. The lowest BCUT2D eigenvalue weighted by Crippen LogP contribution is -2.28. The van der Waals surface area contributed by atoms with Crippen LogP contribution in [0.5, 0.6) is 0 Å². The minimum atomic E-state index is 0.0210. The fourth-order valence-electron chi connectivity index (χ4n) is 3.22. The van der Waals surface area contributed by atoms with Gasteiger partial charge in [-0.2, -0.15) is 0 Å². The van der Waals surface area contributed by atoms with E-state index in [9.17, 15) is 4.79 Å². The zero-order valence-electron chi connectivity index (χ0n) is 14.6. The molecule has 0 saturated heterocycles. The Morgan fingerprint density at radius 2 is 1.69 bits per heavy atom. The maximum atomic E-state index is 13.2. The molecule has 0 aliphatic heterocycles. The molecule has 4 heteroatoms. The molecule has 0 fully saturated rings. The van der Waals surface area contributed by atoms with E-state index in [1.165, 1.54) is 5.56 Å². The number of carbonyl (C=O) groups is 1. The molecule has 26 heavy (non-hydrogen) atoms. The Kier molecular flexibility index (Phi) is 4.59. The van der Waals surface area contributed by atoms with Crippen LogP contribution in [0.3, 0.4) is 0 Å². The monoisotopic (exact) mass is 360 g/mol. The van der Waals surface area contributed by atoms with Gasteiger partial charge in [0.1, 0.15) is 5.69 Å². The highest BCUT2D eigenvalue weighted by molar-refractivity contribution is 7.17. The van der Waals surface area contributed by atoms with Gasteiger partial charge in [-0.15, -0.1) is 11.3 Å². The van der Waals surface area contributed by atoms with Gasteiger partial charge in [-0.3, -0.25) is 4.79 Å². The standard InChI is InChI=1S/C22H20N2OS/c1-23(18-10-6-3-7-11-18)22(25)20-16-21-19(13-15-26-21)24(20)14-12-17-8-4-2-5-9-17/h2-11,13,15-16H,12,14H2,1H3. The molecule has 2 aromatic carbocycles. The van der Waals surface area contributed by atoms with Crippen molar-refractivity contribution < 1.29 is 4.79 Å². The summed E-state index contributed by atoms with van der Waals surface area (Å²) in [4.78, 5) is 14.9. The molecule has 0 unspecified atom stereocenters. The van der Waals surface area contributed by atoms with E-state index >= 15 is 0 Å². The average Bonchev–Trinajstić information content (AvgIpc) is 3.28. The smallest absolute Gasteiger partial charge is 0.274 e. The number of anilines is 1.